The van der Waals surface area contributed by atoms with Crippen LogP contribution in [-0.4, -0.2) is 38.2 Å². The Hall–Kier alpha value is -4.22. The molecule has 172 valence electrons. The second kappa shape index (κ2) is 8.22. The van der Waals surface area contributed by atoms with Gasteiger partial charge in [0.05, 0.1) is 25.8 Å². The first-order valence-corrected chi connectivity index (χ1v) is 12.9. The van der Waals surface area contributed by atoms with Crippen molar-refractivity contribution in [2.45, 2.75) is 11.8 Å². The predicted molar refractivity (Wildman–Crippen MR) is 135 cm³/mol. The van der Waals surface area contributed by atoms with E-state index < -0.39 is 10.0 Å². The average Bonchev–Trinajstić information content (AvgIpc) is 3.46. The van der Waals surface area contributed by atoms with Crippen molar-refractivity contribution in [3.63, 3.8) is 0 Å². The number of nitrogens with zero attached hydrogens (tertiary/aromatic N) is 6. The Morgan fingerprint density at radius 1 is 0.914 bits per heavy atom. The van der Waals surface area contributed by atoms with Gasteiger partial charge in [0.1, 0.15) is 0 Å². The molecule has 0 fully saturated rings. The zero-order valence-electron chi connectivity index (χ0n) is 18.3. The van der Waals surface area contributed by atoms with E-state index in [2.05, 4.69) is 24.9 Å². The summed E-state index contributed by atoms with van der Waals surface area (Å²) in [7, 11) is -3.79. The van der Waals surface area contributed by atoms with E-state index in [1.807, 2.05) is 37.3 Å². The quantitative estimate of drug-likeness (QED) is 0.369. The summed E-state index contributed by atoms with van der Waals surface area (Å²) in [5, 5.41) is 14.0. The summed E-state index contributed by atoms with van der Waals surface area (Å²) in [6.45, 7) is 1.90. The molecule has 6 aromatic rings. The van der Waals surface area contributed by atoms with Gasteiger partial charge >= 0.3 is 0 Å². The number of hydrogen-bond donors (Lipinski definition) is 1. The van der Waals surface area contributed by atoms with Gasteiger partial charge in [-0.2, -0.15) is 9.61 Å². The van der Waals surface area contributed by atoms with Crippen LogP contribution in [0, 0.1) is 6.92 Å². The van der Waals surface area contributed by atoms with Crippen molar-refractivity contribution in [3.05, 3.63) is 84.1 Å². The SMILES string of the molecule is Cc1nc2ccc(S(=O)(=O)Nc3cccc(-c4ccc5nnc(-c6ccncc6)n5n4)c3)cc2s1. The zero-order chi connectivity index (χ0) is 24.0. The van der Waals surface area contributed by atoms with Crippen LogP contribution in [0.5, 0.6) is 0 Å². The summed E-state index contributed by atoms with van der Waals surface area (Å²) >= 11 is 1.46. The number of aryl methyl sites for hydroxylation is 1. The third-order valence-electron chi connectivity index (χ3n) is 5.39. The molecule has 6 rings (SSSR count). The molecule has 0 saturated heterocycles. The molecule has 1 N–H and O–H groups in total. The van der Waals surface area contributed by atoms with Crippen LogP contribution >= 0.6 is 11.3 Å². The summed E-state index contributed by atoms with van der Waals surface area (Å²) in [6, 6.07) is 19.4. The number of anilines is 1. The number of thiazole rings is 1. The molecule has 11 heteroatoms. The van der Waals surface area contributed by atoms with Gasteiger partial charge in [-0.05, 0) is 61.5 Å². The fraction of sp³-hybridized carbons (Fsp3) is 0.0417. The van der Waals surface area contributed by atoms with Crippen LogP contribution in [0.15, 0.2) is 84.0 Å². The number of nitrogens with one attached hydrogen (secondary N) is 1. The average molecular weight is 500 g/mol. The maximum absolute atomic E-state index is 13.1. The van der Waals surface area contributed by atoms with E-state index in [4.69, 9.17) is 5.10 Å². The Morgan fingerprint density at radius 3 is 2.63 bits per heavy atom. The highest BCUT2D eigenvalue weighted by molar-refractivity contribution is 7.92. The minimum absolute atomic E-state index is 0.185. The normalized spacial score (nSPS) is 11.8. The third kappa shape index (κ3) is 4.00. The maximum atomic E-state index is 13.1. The molecule has 0 saturated carbocycles. The van der Waals surface area contributed by atoms with E-state index in [0.717, 1.165) is 26.4 Å². The van der Waals surface area contributed by atoms with Gasteiger partial charge in [0.25, 0.3) is 10.0 Å². The van der Waals surface area contributed by atoms with Crippen LogP contribution in [-0.2, 0) is 10.0 Å². The molecule has 0 bridgehead atoms. The van der Waals surface area contributed by atoms with Crippen LogP contribution < -0.4 is 4.72 Å². The molecule has 2 aromatic carbocycles. The molecule has 0 spiro atoms. The fourth-order valence-corrected chi connectivity index (χ4v) is 5.78. The van der Waals surface area contributed by atoms with Crippen molar-refractivity contribution in [1.29, 1.82) is 0 Å². The molecular formula is C24H17N7O2S2. The lowest BCUT2D eigenvalue weighted by Gasteiger charge is -2.10. The first kappa shape index (κ1) is 21.3. The number of benzene rings is 2. The van der Waals surface area contributed by atoms with Crippen LogP contribution in [0.1, 0.15) is 5.01 Å². The minimum Gasteiger partial charge on any atom is -0.280 e. The largest absolute Gasteiger partial charge is 0.280 e. The smallest absolute Gasteiger partial charge is 0.261 e. The standard InChI is InChI=1S/C24H17N7O2S2/c1-15-26-21-6-5-19(14-22(21)34-15)35(32,33)30-18-4-2-3-17(13-18)20-7-8-23-27-28-24(31(23)29-20)16-9-11-25-12-10-16/h2-14,30H,1H3. The lowest BCUT2D eigenvalue weighted by Crippen LogP contribution is -2.12. The van der Waals surface area contributed by atoms with Gasteiger partial charge in [-0.3, -0.25) is 9.71 Å². The molecule has 0 radical (unpaired) electrons. The Labute approximate surface area is 204 Å². The lowest BCUT2D eigenvalue weighted by molar-refractivity contribution is 0.601. The fourth-order valence-electron chi connectivity index (χ4n) is 3.77. The predicted octanol–water partition coefficient (Wildman–Crippen LogP) is 4.57. The highest BCUT2D eigenvalue weighted by Gasteiger charge is 2.17. The summed E-state index contributed by atoms with van der Waals surface area (Å²) in [6.07, 6.45) is 3.37. The monoisotopic (exact) mass is 499 g/mol. The molecular weight excluding hydrogens is 482 g/mol. The van der Waals surface area contributed by atoms with Crippen molar-refractivity contribution in [2.75, 3.05) is 4.72 Å². The van der Waals surface area contributed by atoms with Crippen LogP contribution in [0.4, 0.5) is 5.69 Å². The van der Waals surface area contributed by atoms with Crippen molar-refractivity contribution < 1.29 is 8.42 Å². The summed E-state index contributed by atoms with van der Waals surface area (Å²) < 4.78 is 31.3. The minimum atomic E-state index is -3.79. The lowest BCUT2D eigenvalue weighted by atomic mass is 10.1. The Balaban J connectivity index is 1.34. The Morgan fingerprint density at radius 2 is 1.77 bits per heavy atom. The maximum Gasteiger partial charge on any atom is 0.261 e. The van der Waals surface area contributed by atoms with Crippen LogP contribution in [0.3, 0.4) is 0 Å². The second-order valence-electron chi connectivity index (χ2n) is 7.80. The molecule has 0 unspecified atom stereocenters. The summed E-state index contributed by atoms with van der Waals surface area (Å²) in [4.78, 5) is 8.62. The van der Waals surface area contributed by atoms with E-state index in [9.17, 15) is 8.42 Å². The van der Waals surface area contributed by atoms with Crippen molar-refractivity contribution in [1.82, 2.24) is 29.8 Å². The first-order valence-electron chi connectivity index (χ1n) is 10.6. The molecule has 4 heterocycles. The molecule has 0 aliphatic rings. The van der Waals surface area contributed by atoms with Gasteiger partial charge in [0.2, 0.25) is 0 Å². The van der Waals surface area contributed by atoms with E-state index in [0.29, 0.717) is 22.9 Å². The summed E-state index contributed by atoms with van der Waals surface area (Å²) in [5.41, 5.74) is 4.06. The number of rotatable bonds is 5. The molecule has 35 heavy (non-hydrogen) atoms. The van der Waals surface area contributed by atoms with Gasteiger partial charge < -0.3 is 0 Å². The molecule has 0 aliphatic carbocycles. The Bertz CT molecular complexity index is 1810. The van der Waals surface area contributed by atoms with Gasteiger partial charge in [-0.1, -0.05) is 12.1 Å². The number of hydrogen-bond acceptors (Lipinski definition) is 8. The molecule has 0 amide bonds. The first-order chi connectivity index (χ1) is 17.0. The van der Waals surface area contributed by atoms with Gasteiger partial charge in [-0.25, -0.2) is 13.4 Å². The number of fused-ring (bicyclic) bond motifs is 2. The number of pyridine rings is 1. The van der Waals surface area contributed by atoms with Crippen LogP contribution in [0.25, 0.3) is 38.5 Å². The van der Waals surface area contributed by atoms with Crippen molar-refractivity contribution >= 4 is 42.9 Å². The van der Waals surface area contributed by atoms with E-state index >= 15 is 0 Å². The second-order valence-corrected chi connectivity index (χ2v) is 10.7. The van der Waals surface area contributed by atoms with Gasteiger partial charge in [0.15, 0.2) is 11.5 Å². The van der Waals surface area contributed by atoms with Crippen molar-refractivity contribution in [2.24, 2.45) is 0 Å². The van der Waals surface area contributed by atoms with E-state index in [1.54, 1.807) is 53.3 Å². The van der Waals surface area contributed by atoms with E-state index in [-0.39, 0.29) is 4.90 Å². The topological polar surface area (TPSA) is 115 Å². The molecule has 9 nitrogen and oxygen atoms in total. The molecule has 0 atom stereocenters. The van der Waals surface area contributed by atoms with Crippen LogP contribution in [0.2, 0.25) is 0 Å². The zero-order valence-corrected chi connectivity index (χ0v) is 20.0. The highest BCUT2D eigenvalue weighted by atomic mass is 32.2. The van der Waals surface area contributed by atoms with E-state index in [1.165, 1.54) is 11.3 Å². The summed E-state index contributed by atoms with van der Waals surface area (Å²) in [5.74, 6) is 0.592. The third-order valence-corrected chi connectivity index (χ3v) is 7.70. The van der Waals surface area contributed by atoms with Gasteiger partial charge in [0, 0.05) is 29.2 Å². The number of aromatic nitrogens is 6. The molecule has 0 aliphatic heterocycles. The Kier molecular flexibility index (Phi) is 5.01. The number of sulfonamides is 1. The highest BCUT2D eigenvalue weighted by Crippen LogP contribution is 2.27. The van der Waals surface area contributed by atoms with Gasteiger partial charge in [-0.15, -0.1) is 21.5 Å². The van der Waals surface area contributed by atoms with Crippen molar-refractivity contribution in [3.8, 4) is 22.6 Å². The molecule has 4 aromatic heterocycles.